The molecule has 4 nitrogen and oxygen atoms in total. The molecule has 7 heteroatoms. The largest absolute Gasteiger partial charge is 1.00 e. The van der Waals surface area contributed by atoms with Crippen LogP contribution in [0.4, 0.5) is 0 Å². The van der Waals surface area contributed by atoms with Crippen molar-refractivity contribution in [3.8, 4) is 11.8 Å². The van der Waals surface area contributed by atoms with E-state index in [2.05, 4.69) is 0 Å². The third kappa shape index (κ3) is 4.30. The topological polar surface area (TPSA) is 64.3 Å². The molecule has 2 rings (SSSR count). The number of nitrogens with zero attached hydrogens (tertiary/aromatic N) is 2. The lowest BCUT2D eigenvalue weighted by Gasteiger charge is -2.26. The van der Waals surface area contributed by atoms with Crippen molar-refractivity contribution < 1.29 is 22.3 Å². The zero-order valence-electron chi connectivity index (χ0n) is 11.7. The number of piperidine rings is 1. The molecule has 1 aromatic carbocycles. The Morgan fingerprint density at radius 2 is 1.77 bits per heavy atom. The number of hydrogen-bond donors (Lipinski definition) is 1. The molecule has 0 saturated carbocycles. The number of amides is 1. The Kier molecular flexibility index (Phi) is 7.02. The van der Waals surface area contributed by atoms with Gasteiger partial charge in [0.2, 0.25) is 0 Å². The van der Waals surface area contributed by atoms with E-state index in [-0.39, 0.29) is 39.7 Å². The quantitative estimate of drug-likeness (QED) is 0.621. The lowest BCUT2D eigenvalue weighted by Crippen LogP contribution is -3.00. The number of hydrogen-bond acceptors (Lipinski definition) is 3. The highest BCUT2D eigenvalue weighted by molar-refractivity contribution is 6.37. The number of aromatic hydroxyl groups is 1. The monoisotopic (exact) mass is 359 g/mol. The number of carbonyl (C=O) groups excluding carboxylic acids is 1. The van der Waals surface area contributed by atoms with E-state index in [1.807, 2.05) is 6.07 Å². The van der Waals surface area contributed by atoms with E-state index < -0.39 is 0 Å². The summed E-state index contributed by atoms with van der Waals surface area (Å²) < 4.78 is 0. The second-order valence-electron chi connectivity index (χ2n) is 4.86. The molecule has 0 aliphatic carbocycles. The molecule has 1 amide bonds. The van der Waals surface area contributed by atoms with Crippen molar-refractivity contribution in [1.29, 1.82) is 5.26 Å². The minimum Gasteiger partial charge on any atom is -1.00 e. The van der Waals surface area contributed by atoms with E-state index in [9.17, 15) is 15.2 Å². The van der Waals surface area contributed by atoms with E-state index in [0.29, 0.717) is 18.7 Å². The molecule has 1 N–H and O–H groups in total. The third-order valence-electron chi connectivity index (χ3n) is 3.34. The normalized spacial score (nSPS) is 15.0. The van der Waals surface area contributed by atoms with Gasteiger partial charge in [-0.3, -0.25) is 4.79 Å². The highest BCUT2D eigenvalue weighted by Crippen LogP contribution is 2.33. The van der Waals surface area contributed by atoms with Crippen molar-refractivity contribution in [3.05, 3.63) is 33.3 Å². The van der Waals surface area contributed by atoms with Gasteiger partial charge in [0.15, 0.2) is 5.75 Å². The molecule has 1 aliphatic rings. The van der Waals surface area contributed by atoms with Crippen LogP contribution in [0.25, 0.3) is 6.08 Å². The van der Waals surface area contributed by atoms with Crippen molar-refractivity contribution in [2.24, 2.45) is 0 Å². The predicted octanol–water partition coefficient (Wildman–Crippen LogP) is 0.622. The number of phenols is 1. The van der Waals surface area contributed by atoms with Gasteiger partial charge in [-0.15, -0.1) is 0 Å². The van der Waals surface area contributed by atoms with Crippen molar-refractivity contribution in [2.75, 3.05) is 13.1 Å². The van der Waals surface area contributed by atoms with E-state index in [0.717, 1.165) is 19.3 Å². The van der Waals surface area contributed by atoms with Gasteiger partial charge in [0, 0.05) is 13.1 Å². The molecule has 22 heavy (non-hydrogen) atoms. The van der Waals surface area contributed by atoms with Gasteiger partial charge in [-0.1, -0.05) is 23.2 Å². The number of carbonyl (C=O) groups is 1. The maximum absolute atomic E-state index is 12.3. The van der Waals surface area contributed by atoms with Gasteiger partial charge in [-0.05, 0) is 43.0 Å². The van der Waals surface area contributed by atoms with Crippen LogP contribution in [0.1, 0.15) is 24.8 Å². The number of halogens is 3. The summed E-state index contributed by atoms with van der Waals surface area (Å²) in [7, 11) is 0. The van der Waals surface area contributed by atoms with Gasteiger partial charge in [0.05, 0.1) is 10.0 Å². The van der Waals surface area contributed by atoms with E-state index >= 15 is 0 Å². The molecule has 1 fully saturated rings. The number of rotatable bonds is 2. The first-order chi connectivity index (χ1) is 10.0. The van der Waals surface area contributed by atoms with Gasteiger partial charge in [-0.25, -0.2) is 0 Å². The molecule has 0 bridgehead atoms. The summed E-state index contributed by atoms with van der Waals surface area (Å²) in [4.78, 5) is 14.0. The van der Waals surface area contributed by atoms with Crippen LogP contribution in [0.3, 0.4) is 0 Å². The summed E-state index contributed by atoms with van der Waals surface area (Å²) in [5, 5.41) is 18.9. The summed E-state index contributed by atoms with van der Waals surface area (Å²) >= 11 is 11.7. The van der Waals surface area contributed by atoms with Crippen molar-refractivity contribution >= 4 is 35.2 Å². The highest BCUT2D eigenvalue weighted by atomic mass is 35.5. The van der Waals surface area contributed by atoms with Gasteiger partial charge >= 0.3 is 0 Å². The van der Waals surface area contributed by atoms with Crippen LogP contribution in [-0.2, 0) is 4.79 Å². The van der Waals surface area contributed by atoms with Crippen molar-refractivity contribution in [1.82, 2.24) is 4.90 Å². The van der Waals surface area contributed by atoms with E-state index in [4.69, 9.17) is 23.2 Å². The summed E-state index contributed by atoms with van der Waals surface area (Å²) in [6.45, 7) is 1.35. The van der Waals surface area contributed by atoms with Gasteiger partial charge in [-0.2, -0.15) is 5.26 Å². The Labute approximate surface area is 145 Å². The second-order valence-corrected chi connectivity index (χ2v) is 5.67. The average molecular weight is 361 g/mol. The minimum atomic E-state index is -0.280. The lowest BCUT2D eigenvalue weighted by atomic mass is 10.1. The van der Waals surface area contributed by atoms with Crippen LogP contribution in [0.5, 0.6) is 5.75 Å². The fourth-order valence-electron chi connectivity index (χ4n) is 2.24. The zero-order valence-corrected chi connectivity index (χ0v) is 13.9. The fourth-order valence-corrected chi connectivity index (χ4v) is 2.75. The summed E-state index contributed by atoms with van der Waals surface area (Å²) in [5.41, 5.74) is 0.541. The first kappa shape index (κ1) is 18.6. The van der Waals surface area contributed by atoms with Crippen molar-refractivity contribution in [3.63, 3.8) is 0 Å². The smallest absolute Gasteiger partial charge is 0.264 e. The summed E-state index contributed by atoms with van der Waals surface area (Å²) in [6, 6.07) is 4.85. The third-order valence-corrected chi connectivity index (χ3v) is 3.92. The molecule has 1 aromatic rings. The first-order valence-electron chi connectivity index (χ1n) is 6.62. The Balaban J connectivity index is 0.00000242. The van der Waals surface area contributed by atoms with Crippen LogP contribution >= 0.6 is 23.2 Å². The standard InChI is InChI=1S/C15H14Cl2N2O2.ClH/c16-12-7-10(8-13(17)14(12)20)6-11(9-18)15(21)19-4-2-1-3-5-19;/h6-8,20H,1-5H2;1H/p-1/b11-6-;. The Bertz CT molecular complexity index is 609. The highest BCUT2D eigenvalue weighted by Gasteiger charge is 2.20. The molecular weight excluding hydrogens is 347 g/mol. The second kappa shape index (κ2) is 8.28. The van der Waals surface area contributed by atoms with Crippen LogP contribution in [0.15, 0.2) is 17.7 Å². The maximum Gasteiger partial charge on any atom is 0.264 e. The van der Waals surface area contributed by atoms with Crippen molar-refractivity contribution in [2.45, 2.75) is 19.3 Å². The van der Waals surface area contributed by atoms with Crippen LogP contribution < -0.4 is 12.4 Å². The number of benzene rings is 1. The molecule has 1 saturated heterocycles. The summed E-state index contributed by atoms with van der Waals surface area (Å²) in [6.07, 6.45) is 4.47. The van der Waals surface area contributed by atoms with Crippen LogP contribution in [0, 0.1) is 11.3 Å². The zero-order chi connectivity index (χ0) is 15.4. The number of likely N-dealkylation sites (tertiary alicyclic amines) is 1. The van der Waals surface area contributed by atoms with E-state index in [1.54, 1.807) is 4.90 Å². The first-order valence-corrected chi connectivity index (χ1v) is 7.37. The SMILES string of the molecule is N#C/C(=C/c1cc(Cl)c(O)c(Cl)c1)C(=O)N1CCCCC1.[Cl-]. The molecule has 1 aliphatic heterocycles. The summed E-state index contributed by atoms with van der Waals surface area (Å²) in [5.74, 6) is -0.492. The molecule has 118 valence electrons. The van der Waals surface area contributed by atoms with Gasteiger partial charge in [0.25, 0.3) is 5.91 Å². The molecular formula is C15H14Cl3N2O2-. The average Bonchev–Trinajstić information content (AvgIpc) is 2.50. The Morgan fingerprint density at radius 3 is 2.27 bits per heavy atom. The molecule has 0 atom stereocenters. The fraction of sp³-hybridized carbons (Fsp3) is 0.333. The maximum atomic E-state index is 12.3. The molecule has 0 aromatic heterocycles. The van der Waals surface area contributed by atoms with Gasteiger partial charge < -0.3 is 22.4 Å². The minimum absolute atomic E-state index is 0. The number of phenolic OH excluding ortho intramolecular Hbond substituents is 1. The molecule has 0 spiro atoms. The molecule has 1 heterocycles. The van der Waals surface area contributed by atoms with E-state index in [1.165, 1.54) is 18.2 Å². The Morgan fingerprint density at radius 1 is 1.23 bits per heavy atom. The lowest BCUT2D eigenvalue weighted by molar-refractivity contribution is -0.127. The molecule has 0 radical (unpaired) electrons. The Hall–Kier alpha value is -1.41. The van der Waals surface area contributed by atoms with Gasteiger partial charge in [0.1, 0.15) is 11.6 Å². The van der Waals surface area contributed by atoms with Crippen LogP contribution in [-0.4, -0.2) is 29.0 Å². The predicted molar refractivity (Wildman–Crippen MR) is 82.1 cm³/mol. The van der Waals surface area contributed by atoms with Crippen LogP contribution in [0.2, 0.25) is 10.0 Å². The molecule has 0 unspecified atom stereocenters. The number of nitriles is 1.